The molecule has 1 fully saturated rings. The maximum absolute atomic E-state index is 12.5. The normalized spacial score (nSPS) is 18.2. The maximum Gasteiger partial charge on any atom is 0.227 e. The highest BCUT2D eigenvalue weighted by Gasteiger charge is 2.28. The SMILES string of the molecule is O=C(c1ccccc1)[C@@H]1CCCN(C(=O)Cc2cccs2)C1. The summed E-state index contributed by atoms with van der Waals surface area (Å²) in [6.07, 6.45) is 2.22. The molecule has 1 aromatic carbocycles. The number of carbonyl (C=O) groups is 2. The number of piperidine rings is 1. The molecular formula is C18H19NO2S. The number of rotatable bonds is 4. The van der Waals surface area contributed by atoms with Gasteiger partial charge in [-0.2, -0.15) is 0 Å². The lowest BCUT2D eigenvalue weighted by Crippen LogP contribution is -2.43. The van der Waals surface area contributed by atoms with Crippen LogP contribution in [0.3, 0.4) is 0 Å². The van der Waals surface area contributed by atoms with Crippen molar-refractivity contribution in [2.75, 3.05) is 13.1 Å². The van der Waals surface area contributed by atoms with Crippen LogP contribution in [0.4, 0.5) is 0 Å². The zero-order chi connectivity index (χ0) is 15.4. The highest BCUT2D eigenvalue weighted by molar-refractivity contribution is 7.10. The van der Waals surface area contributed by atoms with Crippen LogP contribution in [0.2, 0.25) is 0 Å². The minimum absolute atomic E-state index is 0.0663. The summed E-state index contributed by atoms with van der Waals surface area (Å²) in [5.41, 5.74) is 0.750. The Kier molecular flexibility index (Phi) is 4.68. The molecule has 22 heavy (non-hydrogen) atoms. The van der Waals surface area contributed by atoms with E-state index < -0.39 is 0 Å². The molecule has 3 nitrogen and oxygen atoms in total. The van der Waals surface area contributed by atoms with E-state index in [-0.39, 0.29) is 17.6 Å². The Bertz CT molecular complexity index is 636. The number of amides is 1. The molecule has 1 aliphatic heterocycles. The molecule has 0 saturated carbocycles. The van der Waals surface area contributed by atoms with E-state index in [1.165, 1.54) is 0 Å². The smallest absolute Gasteiger partial charge is 0.227 e. The van der Waals surface area contributed by atoms with Gasteiger partial charge in [0.15, 0.2) is 5.78 Å². The minimum atomic E-state index is -0.0663. The quantitative estimate of drug-likeness (QED) is 0.811. The van der Waals surface area contributed by atoms with Gasteiger partial charge in [-0.15, -0.1) is 11.3 Å². The van der Waals surface area contributed by atoms with Crippen LogP contribution in [0.5, 0.6) is 0 Å². The van der Waals surface area contributed by atoms with Crippen molar-refractivity contribution in [3.8, 4) is 0 Å². The largest absolute Gasteiger partial charge is 0.342 e. The summed E-state index contributed by atoms with van der Waals surface area (Å²) in [4.78, 5) is 27.9. The molecule has 1 amide bonds. The van der Waals surface area contributed by atoms with E-state index in [2.05, 4.69) is 0 Å². The number of hydrogen-bond acceptors (Lipinski definition) is 3. The predicted molar refractivity (Wildman–Crippen MR) is 88.1 cm³/mol. The molecule has 0 bridgehead atoms. The standard InChI is InChI=1S/C18H19NO2S/c20-17(12-16-9-5-11-22-16)19-10-4-8-15(13-19)18(21)14-6-2-1-3-7-14/h1-3,5-7,9,11,15H,4,8,10,12-13H2/t15-/m1/s1. The number of nitrogens with zero attached hydrogens (tertiary/aromatic N) is 1. The number of Topliss-reactive ketones (excluding diaryl/α,β-unsaturated/α-hetero) is 1. The van der Waals surface area contributed by atoms with Crippen LogP contribution in [0.25, 0.3) is 0 Å². The summed E-state index contributed by atoms with van der Waals surface area (Å²) in [7, 11) is 0. The van der Waals surface area contributed by atoms with Gasteiger partial charge in [-0.25, -0.2) is 0 Å². The van der Waals surface area contributed by atoms with Gasteiger partial charge in [0.1, 0.15) is 0 Å². The molecule has 1 aromatic heterocycles. The molecular weight excluding hydrogens is 294 g/mol. The van der Waals surface area contributed by atoms with Gasteiger partial charge < -0.3 is 4.90 Å². The number of benzene rings is 1. The van der Waals surface area contributed by atoms with Gasteiger partial charge in [0.2, 0.25) is 5.91 Å². The topological polar surface area (TPSA) is 37.4 Å². The van der Waals surface area contributed by atoms with Crippen molar-refractivity contribution in [1.29, 1.82) is 0 Å². The zero-order valence-corrected chi connectivity index (χ0v) is 13.2. The first-order valence-corrected chi connectivity index (χ1v) is 8.51. The Labute approximate surface area is 134 Å². The first kappa shape index (κ1) is 15.0. The molecule has 0 unspecified atom stereocenters. The highest BCUT2D eigenvalue weighted by atomic mass is 32.1. The molecule has 4 heteroatoms. The van der Waals surface area contributed by atoms with E-state index in [1.807, 2.05) is 52.7 Å². The van der Waals surface area contributed by atoms with E-state index in [0.717, 1.165) is 29.8 Å². The van der Waals surface area contributed by atoms with E-state index >= 15 is 0 Å². The van der Waals surface area contributed by atoms with Gasteiger partial charge in [-0.1, -0.05) is 36.4 Å². The highest BCUT2D eigenvalue weighted by Crippen LogP contribution is 2.22. The van der Waals surface area contributed by atoms with Crippen LogP contribution in [-0.4, -0.2) is 29.7 Å². The van der Waals surface area contributed by atoms with Crippen molar-refractivity contribution in [2.24, 2.45) is 5.92 Å². The van der Waals surface area contributed by atoms with Crippen molar-refractivity contribution in [3.05, 3.63) is 58.3 Å². The molecule has 0 N–H and O–H groups in total. The van der Waals surface area contributed by atoms with Gasteiger partial charge in [-0.3, -0.25) is 9.59 Å². The number of likely N-dealkylation sites (tertiary alicyclic amines) is 1. The molecule has 0 spiro atoms. The van der Waals surface area contributed by atoms with Crippen molar-refractivity contribution >= 4 is 23.0 Å². The molecule has 1 atom stereocenters. The van der Waals surface area contributed by atoms with Crippen molar-refractivity contribution in [1.82, 2.24) is 4.90 Å². The van der Waals surface area contributed by atoms with Gasteiger partial charge in [0.05, 0.1) is 6.42 Å². The lowest BCUT2D eigenvalue weighted by Gasteiger charge is -2.32. The molecule has 0 radical (unpaired) electrons. The second-order valence-corrected chi connectivity index (χ2v) is 6.70. The number of carbonyl (C=O) groups excluding carboxylic acids is 2. The Morgan fingerprint density at radius 1 is 1.14 bits per heavy atom. The van der Waals surface area contributed by atoms with Crippen LogP contribution < -0.4 is 0 Å². The fourth-order valence-corrected chi connectivity index (χ4v) is 3.63. The van der Waals surface area contributed by atoms with E-state index in [0.29, 0.717) is 13.0 Å². The third-order valence-corrected chi connectivity index (χ3v) is 4.99. The van der Waals surface area contributed by atoms with Crippen LogP contribution in [-0.2, 0) is 11.2 Å². The zero-order valence-electron chi connectivity index (χ0n) is 12.4. The van der Waals surface area contributed by atoms with Gasteiger partial charge in [0.25, 0.3) is 0 Å². The minimum Gasteiger partial charge on any atom is -0.342 e. The lowest BCUT2D eigenvalue weighted by molar-refractivity contribution is -0.131. The number of hydrogen-bond donors (Lipinski definition) is 0. The van der Waals surface area contributed by atoms with Crippen LogP contribution in [0.15, 0.2) is 47.8 Å². The first-order valence-electron chi connectivity index (χ1n) is 7.63. The number of ketones is 1. The summed E-state index contributed by atoms with van der Waals surface area (Å²) in [6, 6.07) is 13.3. The Balaban J connectivity index is 1.64. The molecule has 1 saturated heterocycles. The summed E-state index contributed by atoms with van der Waals surface area (Å²) >= 11 is 1.60. The Morgan fingerprint density at radius 3 is 2.68 bits per heavy atom. The summed E-state index contributed by atoms with van der Waals surface area (Å²) in [5, 5.41) is 1.99. The third-order valence-electron chi connectivity index (χ3n) is 4.11. The van der Waals surface area contributed by atoms with Crippen LogP contribution in [0, 0.1) is 5.92 Å². The lowest BCUT2D eigenvalue weighted by atomic mass is 9.90. The molecule has 2 heterocycles. The molecule has 3 rings (SSSR count). The third kappa shape index (κ3) is 3.45. The monoisotopic (exact) mass is 313 g/mol. The maximum atomic E-state index is 12.5. The van der Waals surface area contributed by atoms with Crippen molar-refractivity contribution in [3.63, 3.8) is 0 Å². The second kappa shape index (κ2) is 6.88. The van der Waals surface area contributed by atoms with E-state index in [9.17, 15) is 9.59 Å². The molecule has 0 aliphatic carbocycles. The van der Waals surface area contributed by atoms with Crippen molar-refractivity contribution < 1.29 is 9.59 Å². The Hall–Kier alpha value is -1.94. The van der Waals surface area contributed by atoms with Crippen molar-refractivity contribution in [2.45, 2.75) is 19.3 Å². The average molecular weight is 313 g/mol. The summed E-state index contributed by atoms with van der Waals surface area (Å²) < 4.78 is 0. The molecule has 2 aromatic rings. The average Bonchev–Trinajstić information content (AvgIpc) is 3.08. The summed E-state index contributed by atoms with van der Waals surface area (Å²) in [6.45, 7) is 1.32. The molecule has 1 aliphatic rings. The van der Waals surface area contributed by atoms with E-state index in [1.54, 1.807) is 11.3 Å². The first-order chi connectivity index (χ1) is 10.7. The molecule has 114 valence electrons. The number of thiophene rings is 1. The van der Waals surface area contributed by atoms with E-state index in [4.69, 9.17) is 0 Å². The van der Waals surface area contributed by atoms with Gasteiger partial charge in [-0.05, 0) is 24.3 Å². The fourth-order valence-electron chi connectivity index (χ4n) is 2.93. The fraction of sp³-hybridized carbons (Fsp3) is 0.333. The van der Waals surface area contributed by atoms with Crippen LogP contribution >= 0.6 is 11.3 Å². The van der Waals surface area contributed by atoms with Crippen LogP contribution in [0.1, 0.15) is 28.1 Å². The Morgan fingerprint density at radius 2 is 1.95 bits per heavy atom. The van der Waals surface area contributed by atoms with Gasteiger partial charge >= 0.3 is 0 Å². The summed E-state index contributed by atoms with van der Waals surface area (Å²) in [5.74, 6) is 0.227. The second-order valence-electron chi connectivity index (χ2n) is 5.67. The predicted octanol–water partition coefficient (Wildman–Crippen LogP) is 3.41. The van der Waals surface area contributed by atoms with Gasteiger partial charge in [0, 0.05) is 29.4 Å².